The molecule has 78 valence electrons. The third kappa shape index (κ3) is 2.37. The second-order valence-corrected chi connectivity index (χ2v) is 4.05. The first kappa shape index (κ1) is 10.2. The fourth-order valence-electron chi connectivity index (χ4n) is 1.09. The first-order valence-corrected chi connectivity index (χ1v) is 5.60. The molecule has 6 heteroatoms. The SMILES string of the molecule is Nc1c(Cl)ncnc1NCc1ccsc1. The van der Waals surface area contributed by atoms with Crippen molar-refractivity contribution in [3.63, 3.8) is 0 Å². The Morgan fingerprint density at radius 2 is 2.33 bits per heavy atom. The van der Waals surface area contributed by atoms with Crippen LogP contribution in [0.1, 0.15) is 5.56 Å². The maximum atomic E-state index is 5.76. The summed E-state index contributed by atoms with van der Waals surface area (Å²) in [6, 6.07) is 2.04. The molecule has 0 fully saturated rings. The van der Waals surface area contributed by atoms with E-state index < -0.39 is 0 Å². The molecule has 0 aliphatic carbocycles. The molecule has 0 saturated heterocycles. The molecule has 0 radical (unpaired) electrons. The van der Waals surface area contributed by atoms with Crippen molar-refractivity contribution < 1.29 is 0 Å². The number of nitrogen functional groups attached to an aromatic ring is 1. The summed E-state index contributed by atoms with van der Waals surface area (Å²) in [5, 5.41) is 7.46. The van der Waals surface area contributed by atoms with Crippen molar-refractivity contribution >= 4 is 34.4 Å². The fraction of sp³-hybridized carbons (Fsp3) is 0.111. The van der Waals surface area contributed by atoms with Gasteiger partial charge in [-0.2, -0.15) is 11.3 Å². The summed E-state index contributed by atoms with van der Waals surface area (Å²) in [5.41, 5.74) is 7.28. The Labute approximate surface area is 96.1 Å². The Balaban J connectivity index is 2.08. The second-order valence-electron chi connectivity index (χ2n) is 2.91. The van der Waals surface area contributed by atoms with Crippen molar-refractivity contribution in [2.24, 2.45) is 0 Å². The second kappa shape index (κ2) is 4.46. The average Bonchev–Trinajstić information content (AvgIpc) is 2.73. The van der Waals surface area contributed by atoms with E-state index in [9.17, 15) is 0 Å². The van der Waals surface area contributed by atoms with Crippen LogP contribution in [0.4, 0.5) is 11.5 Å². The zero-order chi connectivity index (χ0) is 10.7. The highest BCUT2D eigenvalue weighted by Crippen LogP contribution is 2.22. The average molecular weight is 241 g/mol. The molecule has 4 nitrogen and oxygen atoms in total. The molecule has 0 saturated carbocycles. The lowest BCUT2D eigenvalue weighted by molar-refractivity contribution is 1.09. The molecule has 15 heavy (non-hydrogen) atoms. The zero-order valence-corrected chi connectivity index (χ0v) is 9.35. The zero-order valence-electron chi connectivity index (χ0n) is 7.77. The first-order valence-electron chi connectivity index (χ1n) is 4.28. The summed E-state index contributed by atoms with van der Waals surface area (Å²) in [5.74, 6) is 0.571. The molecule has 0 aliphatic rings. The van der Waals surface area contributed by atoms with E-state index >= 15 is 0 Å². The third-order valence-electron chi connectivity index (χ3n) is 1.88. The van der Waals surface area contributed by atoms with Gasteiger partial charge in [0.15, 0.2) is 11.0 Å². The van der Waals surface area contributed by atoms with Crippen molar-refractivity contribution in [1.82, 2.24) is 9.97 Å². The van der Waals surface area contributed by atoms with Gasteiger partial charge in [-0.1, -0.05) is 11.6 Å². The molecule has 0 aliphatic heterocycles. The number of thiophene rings is 1. The van der Waals surface area contributed by atoms with Crippen LogP contribution in [0.5, 0.6) is 0 Å². The normalized spacial score (nSPS) is 10.2. The van der Waals surface area contributed by atoms with Crippen molar-refractivity contribution in [2.45, 2.75) is 6.54 Å². The van der Waals surface area contributed by atoms with Gasteiger partial charge in [0.2, 0.25) is 0 Å². The number of aromatic nitrogens is 2. The molecule has 2 heterocycles. The van der Waals surface area contributed by atoms with Gasteiger partial charge in [-0.3, -0.25) is 0 Å². The van der Waals surface area contributed by atoms with E-state index in [4.69, 9.17) is 17.3 Å². The van der Waals surface area contributed by atoms with Crippen LogP contribution >= 0.6 is 22.9 Å². The summed E-state index contributed by atoms with van der Waals surface area (Å²) >= 11 is 7.41. The quantitative estimate of drug-likeness (QED) is 0.809. The van der Waals surface area contributed by atoms with Crippen molar-refractivity contribution in [3.8, 4) is 0 Å². The highest BCUT2D eigenvalue weighted by Gasteiger charge is 2.04. The van der Waals surface area contributed by atoms with Crippen LogP contribution in [0.25, 0.3) is 0 Å². The lowest BCUT2D eigenvalue weighted by Crippen LogP contribution is -2.05. The van der Waals surface area contributed by atoms with E-state index in [0.717, 1.165) is 0 Å². The lowest BCUT2D eigenvalue weighted by atomic mass is 10.3. The topological polar surface area (TPSA) is 63.8 Å². The Bertz CT molecular complexity index is 443. The van der Waals surface area contributed by atoms with Gasteiger partial charge < -0.3 is 11.1 Å². The fourth-order valence-corrected chi connectivity index (χ4v) is 1.90. The van der Waals surface area contributed by atoms with Crippen molar-refractivity contribution in [2.75, 3.05) is 11.1 Å². The smallest absolute Gasteiger partial charge is 0.157 e. The molecular formula is C9H9ClN4S. The van der Waals surface area contributed by atoms with Crippen LogP contribution < -0.4 is 11.1 Å². The monoisotopic (exact) mass is 240 g/mol. The van der Waals surface area contributed by atoms with Gasteiger partial charge in [0.1, 0.15) is 12.0 Å². The van der Waals surface area contributed by atoms with Crippen LogP contribution in [0.3, 0.4) is 0 Å². The number of halogens is 1. The number of nitrogens with zero attached hydrogens (tertiary/aromatic N) is 2. The molecule has 0 atom stereocenters. The Morgan fingerprint density at radius 1 is 1.47 bits per heavy atom. The summed E-state index contributed by atoms with van der Waals surface area (Å²) in [7, 11) is 0. The minimum Gasteiger partial charge on any atom is -0.393 e. The summed E-state index contributed by atoms with van der Waals surface area (Å²) in [6.07, 6.45) is 1.38. The van der Waals surface area contributed by atoms with Gasteiger partial charge >= 0.3 is 0 Å². The Hall–Kier alpha value is -1.33. The largest absolute Gasteiger partial charge is 0.393 e. The molecule has 0 unspecified atom stereocenters. The molecular weight excluding hydrogens is 232 g/mol. The summed E-state index contributed by atoms with van der Waals surface area (Å²) in [4.78, 5) is 7.79. The molecule has 3 N–H and O–H groups in total. The number of hydrogen-bond acceptors (Lipinski definition) is 5. The number of nitrogens with two attached hydrogens (primary N) is 1. The van der Waals surface area contributed by atoms with E-state index in [2.05, 4.69) is 20.7 Å². The van der Waals surface area contributed by atoms with E-state index in [-0.39, 0.29) is 5.15 Å². The van der Waals surface area contributed by atoms with Gasteiger partial charge in [0, 0.05) is 6.54 Å². The first-order chi connectivity index (χ1) is 7.27. The molecule has 0 aromatic carbocycles. The summed E-state index contributed by atoms with van der Waals surface area (Å²) in [6.45, 7) is 0.682. The van der Waals surface area contributed by atoms with Gasteiger partial charge in [0.25, 0.3) is 0 Å². The summed E-state index contributed by atoms with van der Waals surface area (Å²) < 4.78 is 0. The molecule has 2 aromatic rings. The molecule has 0 amide bonds. The minimum absolute atomic E-state index is 0.276. The van der Waals surface area contributed by atoms with Gasteiger partial charge in [-0.05, 0) is 22.4 Å². The number of hydrogen-bond donors (Lipinski definition) is 2. The third-order valence-corrected chi connectivity index (χ3v) is 2.91. The lowest BCUT2D eigenvalue weighted by Gasteiger charge is -2.07. The Kier molecular flexibility index (Phi) is 3.03. The molecule has 2 rings (SSSR count). The van der Waals surface area contributed by atoms with E-state index in [1.165, 1.54) is 11.9 Å². The number of nitrogens with one attached hydrogen (secondary N) is 1. The van der Waals surface area contributed by atoms with Gasteiger partial charge in [0.05, 0.1) is 0 Å². The standard InChI is InChI=1S/C9H9ClN4S/c10-8-7(11)9(14-5-13-8)12-3-6-1-2-15-4-6/h1-2,4-5H,3,11H2,(H,12,13,14). The van der Waals surface area contributed by atoms with Gasteiger partial charge in [-0.25, -0.2) is 9.97 Å². The van der Waals surface area contributed by atoms with E-state index in [0.29, 0.717) is 18.1 Å². The molecule has 2 aromatic heterocycles. The Morgan fingerprint density at radius 3 is 3.07 bits per heavy atom. The number of anilines is 2. The highest BCUT2D eigenvalue weighted by molar-refractivity contribution is 7.07. The minimum atomic E-state index is 0.276. The van der Waals surface area contributed by atoms with E-state index in [1.54, 1.807) is 11.3 Å². The maximum absolute atomic E-state index is 5.76. The molecule has 0 bridgehead atoms. The molecule has 0 spiro atoms. The predicted molar refractivity (Wildman–Crippen MR) is 63.1 cm³/mol. The highest BCUT2D eigenvalue weighted by atomic mass is 35.5. The van der Waals surface area contributed by atoms with Crippen molar-refractivity contribution in [1.29, 1.82) is 0 Å². The van der Waals surface area contributed by atoms with Gasteiger partial charge in [-0.15, -0.1) is 0 Å². The van der Waals surface area contributed by atoms with E-state index in [1.807, 2.05) is 11.4 Å². The number of rotatable bonds is 3. The van der Waals surface area contributed by atoms with Crippen molar-refractivity contribution in [3.05, 3.63) is 33.9 Å². The maximum Gasteiger partial charge on any atom is 0.157 e. The van der Waals surface area contributed by atoms with Crippen LogP contribution in [0.2, 0.25) is 5.15 Å². The van der Waals surface area contributed by atoms with Crippen LogP contribution in [-0.4, -0.2) is 9.97 Å². The van der Waals surface area contributed by atoms with Crippen LogP contribution in [-0.2, 0) is 6.54 Å². The van der Waals surface area contributed by atoms with Crippen LogP contribution in [0.15, 0.2) is 23.2 Å². The van der Waals surface area contributed by atoms with Crippen LogP contribution in [0, 0.1) is 0 Å². The predicted octanol–water partition coefficient (Wildman–Crippen LogP) is 2.39.